The molecule has 6 atom stereocenters. The van der Waals surface area contributed by atoms with Crippen molar-refractivity contribution < 1.29 is 46.3 Å². The van der Waals surface area contributed by atoms with Gasteiger partial charge in [0.15, 0.2) is 0 Å². The lowest BCUT2D eigenvalue weighted by atomic mass is 10.0. The molecular weight excluding hydrogens is 697 g/mol. The molecule has 0 spiro atoms. The third-order valence-electron chi connectivity index (χ3n) is 11.5. The standard InChI is InChI=1S/C36H46FN5O9S/c1-2-22-18-36(22,33(45)40-52(48,49)24-15-16-24)39-31(43)29-17-30(51-35(47)41-19-21-9-8-12-26(37)25(21)20-41)28-14-5-3-4-13-27(32(44)42(28)29)38-34(46)50-23-10-6-7-11-23/h2,8-9,12,22-24,27-30H,1,3-7,10-11,13-20H2,(H,38,46)(H,39,43)(H,40,45)/t22?,27-,28-,29-,30+,36+/m0/s1. The highest BCUT2D eigenvalue weighted by atomic mass is 32.2. The smallest absolute Gasteiger partial charge is 0.410 e. The number of benzene rings is 1. The van der Waals surface area contributed by atoms with Crippen LogP contribution in [0.4, 0.5) is 14.0 Å². The molecule has 5 amide bonds. The number of carbonyl (C=O) groups is 5. The van der Waals surface area contributed by atoms with E-state index in [1.165, 1.54) is 21.9 Å². The number of alkyl carbamates (subject to hydrolysis) is 1. The zero-order valence-electron chi connectivity index (χ0n) is 29.0. The molecular formula is C36H46FN5O9S. The number of hydrogen-bond donors (Lipinski definition) is 3. The minimum Gasteiger partial charge on any atom is -0.446 e. The molecule has 16 heteroatoms. The van der Waals surface area contributed by atoms with E-state index in [1.54, 1.807) is 12.1 Å². The van der Waals surface area contributed by atoms with Crippen molar-refractivity contribution in [2.24, 2.45) is 5.92 Å². The molecule has 1 unspecified atom stereocenters. The van der Waals surface area contributed by atoms with E-state index in [0.29, 0.717) is 56.1 Å². The minimum atomic E-state index is -3.92. The Morgan fingerprint density at radius 1 is 0.962 bits per heavy atom. The molecule has 6 aliphatic rings. The fraction of sp³-hybridized carbons (Fsp3) is 0.639. The first-order chi connectivity index (χ1) is 24.9. The summed E-state index contributed by atoms with van der Waals surface area (Å²) in [5, 5.41) is 4.84. The number of amides is 5. The molecule has 3 aliphatic carbocycles. The molecule has 3 aliphatic heterocycles. The second kappa shape index (κ2) is 14.3. The lowest BCUT2D eigenvalue weighted by Gasteiger charge is -2.34. The molecule has 5 fully saturated rings. The largest absolute Gasteiger partial charge is 0.446 e. The van der Waals surface area contributed by atoms with Gasteiger partial charge < -0.3 is 25.0 Å². The van der Waals surface area contributed by atoms with Gasteiger partial charge in [-0.15, -0.1) is 6.58 Å². The number of carbonyl (C=O) groups excluding carboxylic acids is 5. The first-order valence-electron chi connectivity index (χ1n) is 18.4. The van der Waals surface area contributed by atoms with Crippen LogP contribution >= 0.6 is 0 Å². The van der Waals surface area contributed by atoms with Gasteiger partial charge in [0.25, 0.3) is 5.91 Å². The molecule has 0 aromatic heterocycles. The summed E-state index contributed by atoms with van der Waals surface area (Å²) in [5.74, 6) is -3.12. The average molecular weight is 744 g/mol. The third kappa shape index (κ3) is 7.22. The molecule has 14 nitrogen and oxygen atoms in total. The number of sulfonamides is 1. The summed E-state index contributed by atoms with van der Waals surface area (Å²) in [5.41, 5.74) is -0.539. The topological polar surface area (TPSA) is 181 Å². The van der Waals surface area contributed by atoms with Gasteiger partial charge in [-0.2, -0.15) is 0 Å². The average Bonchev–Trinajstić information content (AvgIpc) is 3.91. The molecule has 1 aromatic rings. The van der Waals surface area contributed by atoms with Gasteiger partial charge in [0.05, 0.1) is 17.8 Å². The highest BCUT2D eigenvalue weighted by molar-refractivity contribution is 7.91. The van der Waals surface area contributed by atoms with Crippen LogP contribution in [0.1, 0.15) is 94.6 Å². The number of hydrogen-bond acceptors (Lipinski definition) is 9. The predicted octanol–water partition coefficient (Wildman–Crippen LogP) is 3.29. The Labute approximate surface area is 302 Å². The van der Waals surface area contributed by atoms with E-state index in [0.717, 1.165) is 25.7 Å². The van der Waals surface area contributed by atoms with Crippen LogP contribution in [0.25, 0.3) is 0 Å². The molecule has 52 heavy (non-hydrogen) atoms. The van der Waals surface area contributed by atoms with Crippen molar-refractivity contribution in [2.75, 3.05) is 0 Å². The van der Waals surface area contributed by atoms with Gasteiger partial charge in [-0.1, -0.05) is 37.5 Å². The van der Waals surface area contributed by atoms with Crippen molar-refractivity contribution in [3.63, 3.8) is 0 Å². The summed E-state index contributed by atoms with van der Waals surface area (Å²) in [4.78, 5) is 71.6. The van der Waals surface area contributed by atoms with Crippen LogP contribution in [0.5, 0.6) is 0 Å². The summed E-state index contributed by atoms with van der Waals surface area (Å²) in [7, 11) is -3.92. The van der Waals surface area contributed by atoms with E-state index in [-0.39, 0.29) is 32.0 Å². The molecule has 3 saturated carbocycles. The Hall–Kier alpha value is -4.21. The van der Waals surface area contributed by atoms with Crippen molar-refractivity contribution in [3.8, 4) is 0 Å². The quantitative estimate of drug-likeness (QED) is 0.320. The lowest BCUT2D eigenvalue weighted by molar-refractivity contribution is -0.143. The Bertz CT molecular complexity index is 1750. The normalized spacial score (nSPS) is 30.2. The van der Waals surface area contributed by atoms with Gasteiger partial charge in [0.1, 0.15) is 35.6 Å². The zero-order chi connectivity index (χ0) is 36.8. The Balaban J connectivity index is 1.14. The van der Waals surface area contributed by atoms with E-state index in [9.17, 15) is 36.8 Å². The van der Waals surface area contributed by atoms with Crippen molar-refractivity contribution in [1.29, 1.82) is 0 Å². The van der Waals surface area contributed by atoms with Crippen LogP contribution in [0.2, 0.25) is 0 Å². The second-order valence-electron chi connectivity index (χ2n) is 15.0. The number of halogens is 1. The summed E-state index contributed by atoms with van der Waals surface area (Å²) in [6.07, 6.45) is 5.76. The number of rotatable bonds is 9. The van der Waals surface area contributed by atoms with Gasteiger partial charge >= 0.3 is 12.2 Å². The van der Waals surface area contributed by atoms with Gasteiger partial charge in [-0.05, 0) is 69.4 Å². The first-order valence-corrected chi connectivity index (χ1v) is 20.0. The SMILES string of the molecule is C=CC1C[C@]1(NC(=O)[C@@H]1C[C@@H](OC(=O)N2Cc3cccc(F)c3C2)[C@@H]2CCCCC[C@H](NC(=O)OC3CCCC3)C(=O)N12)C(=O)NS(=O)(=O)C1CC1. The maximum Gasteiger partial charge on any atom is 0.410 e. The fourth-order valence-electron chi connectivity index (χ4n) is 8.29. The van der Waals surface area contributed by atoms with Gasteiger partial charge in [-0.3, -0.25) is 24.0 Å². The highest BCUT2D eigenvalue weighted by Crippen LogP contribution is 2.46. The van der Waals surface area contributed by atoms with Gasteiger partial charge in [-0.25, -0.2) is 22.4 Å². The van der Waals surface area contributed by atoms with Crippen LogP contribution in [-0.2, 0) is 47.0 Å². The number of nitrogens with one attached hydrogen (secondary N) is 3. The van der Waals surface area contributed by atoms with Crippen LogP contribution < -0.4 is 15.4 Å². The Morgan fingerprint density at radius 2 is 1.69 bits per heavy atom. The summed E-state index contributed by atoms with van der Waals surface area (Å²) in [6, 6.07) is 1.63. The van der Waals surface area contributed by atoms with Crippen LogP contribution in [0, 0.1) is 11.7 Å². The molecule has 282 valence electrons. The number of fused-ring (bicyclic) bond motifs is 2. The lowest BCUT2D eigenvalue weighted by Crippen LogP contribution is -2.59. The van der Waals surface area contributed by atoms with E-state index in [1.807, 2.05) is 0 Å². The van der Waals surface area contributed by atoms with E-state index >= 15 is 0 Å². The summed E-state index contributed by atoms with van der Waals surface area (Å²) < 4.78 is 53.7. The van der Waals surface area contributed by atoms with E-state index in [4.69, 9.17) is 9.47 Å². The maximum atomic E-state index is 14.5. The number of ether oxygens (including phenoxy) is 2. The molecule has 2 saturated heterocycles. The zero-order valence-corrected chi connectivity index (χ0v) is 29.8. The van der Waals surface area contributed by atoms with Gasteiger partial charge in [0, 0.05) is 24.4 Å². The van der Waals surface area contributed by atoms with Crippen molar-refractivity contribution in [1.82, 2.24) is 25.2 Å². The second-order valence-corrected chi connectivity index (χ2v) is 17.0. The molecule has 0 radical (unpaired) electrons. The van der Waals surface area contributed by atoms with Crippen LogP contribution in [0.3, 0.4) is 0 Å². The molecule has 0 bridgehead atoms. The van der Waals surface area contributed by atoms with Crippen molar-refractivity contribution in [2.45, 2.75) is 138 Å². The molecule has 3 heterocycles. The van der Waals surface area contributed by atoms with Crippen LogP contribution in [-0.4, -0.2) is 89.2 Å². The number of nitrogens with zero attached hydrogens (tertiary/aromatic N) is 2. The molecule has 1 aromatic carbocycles. The predicted molar refractivity (Wildman–Crippen MR) is 183 cm³/mol. The summed E-state index contributed by atoms with van der Waals surface area (Å²) >= 11 is 0. The maximum absolute atomic E-state index is 14.5. The highest BCUT2D eigenvalue weighted by Gasteiger charge is 2.62. The Kier molecular flexibility index (Phi) is 9.95. The van der Waals surface area contributed by atoms with Crippen molar-refractivity contribution in [3.05, 3.63) is 47.8 Å². The van der Waals surface area contributed by atoms with Crippen LogP contribution in [0.15, 0.2) is 30.9 Å². The fourth-order valence-corrected chi connectivity index (χ4v) is 9.65. The monoisotopic (exact) mass is 743 g/mol. The molecule has 7 rings (SSSR count). The first kappa shape index (κ1) is 36.2. The Morgan fingerprint density at radius 3 is 2.38 bits per heavy atom. The van der Waals surface area contributed by atoms with E-state index < -0.39 is 86.7 Å². The van der Waals surface area contributed by atoms with Crippen molar-refractivity contribution >= 4 is 39.9 Å². The minimum absolute atomic E-state index is 0.00419. The third-order valence-corrected chi connectivity index (χ3v) is 13.3. The van der Waals surface area contributed by atoms with Gasteiger partial charge in [0.2, 0.25) is 21.8 Å². The van der Waals surface area contributed by atoms with E-state index in [2.05, 4.69) is 21.9 Å². The summed E-state index contributed by atoms with van der Waals surface area (Å²) in [6.45, 7) is 3.89. The molecule has 3 N–H and O–H groups in total.